The minimum Gasteiger partial charge on any atom is -0.497 e. The van der Waals surface area contributed by atoms with Gasteiger partial charge in [0.15, 0.2) is 5.03 Å². The second-order valence-corrected chi connectivity index (χ2v) is 7.80. The Morgan fingerprint density at radius 2 is 2.00 bits per heavy atom. The smallest absolute Gasteiger partial charge is 0.257 e. The zero-order valence-electron chi connectivity index (χ0n) is 15.1. The number of hydrogen-bond donors (Lipinski definition) is 1. The van der Waals surface area contributed by atoms with Gasteiger partial charge in [0.1, 0.15) is 11.4 Å². The molecule has 1 aliphatic rings. The predicted octanol–water partition coefficient (Wildman–Crippen LogP) is 0.929. The third kappa shape index (κ3) is 3.35. The molecule has 9 heteroatoms. The Bertz CT molecular complexity index is 884. The summed E-state index contributed by atoms with van der Waals surface area (Å²) in [5.41, 5.74) is 1.38. The number of ether oxygens (including phenoxy) is 3. The summed E-state index contributed by atoms with van der Waals surface area (Å²) in [7, 11) is 0.895. The van der Waals surface area contributed by atoms with Crippen LogP contribution in [0.3, 0.4) is 0 Å². The Balaban J connectivity index is 2.14. The Morgan fingerprint density at radius 1 is 1.31 bits per heavy atom. The van der Waals surface area contributed by atoms with E-state index in [-0.39, 0.29) is 5.03 Å². The van der Waals surface area contributed by atoms with Crippen LogP contribution in [0.4, 0.5) is 0 Å². The van der Waals surface area contributed by atoms with Gasteiger partial charge in [0.25, 0.3) is 10.0 Å². The van der Waals surface area contributed by atoms with Crippen LogP contribution in [0, 0.1) is 0 Å². The Kier molecular flexibility index (Phi) is 5.07. The van der Waals surface area contributed by atoms with Crippen LogP contribution in [-0.4, -0.2) is 45.6 Å². The monoisotopic (exact) mass is 381 g/mol. The molecule has 1 aliphatic heterocycles. The van der Waals surface area contributed by atoms with Crippen LogP contribution in [0.1, 0.15) is 23.2 Å². The summed E-state index contributed by atoms with van der Waals surface area (Å²) in [4.78, 5) is 0. The number of aromatic nitrogens is 2. The molecule has 1 saturated heterocycles. The van der Waals surface area contributed by atoms with E-state index in [1.165, 1.54) is 4.68 Å². The molecule has 1 aromatic heterocycles. The number of rotatable bonds is 6. The van der Waals surface area contributed by atoms with Crippen LogP contribution < -0.4 is 9.88 Å². The molecule has 26 heavy (non-hydrogen) atoms. The number of nitrogens with zero attached hydrogens (tertiary/aromatic N) is 2. The Morgan fingerprint density at radius 3 is 2.50 bits per heavy atom. The maximum Gasteiger partial charge on any atom is 0.257 e. The molecule has 2 heterocycles. The van der Waals surface area contributed by atoms with Crippen molar-refractivity contribution in [3.63, 3.8) is 0 Å². The lowest BCUT2D eigenvalue weighted by Gasteiger charge is -2.27. The third-order valence-corrected chi connectivity index (χ3v) is 5.59. The number of nitrogens with two attached hydrogens (primary N) is 1. The Labute approximate surface area is 152 Å². The van der Waals surface area contributed by atoms with E-state index in [0.29, 0.717) is 37.3 Å². The lowest BCUT2D eigenvalue weighted by molar-refractivity contribution is -0.0278. The largest absolute Gasteiger partial charge is 0.497 e. The summed E-state index contributed by atoms with van der Waals surface area (Å²) in [6, 6.07) is 7.42. The molecule has 0 spiro atoms. The fourth-order valence-electron chi connectivity index (χ4n) is 3.44. The van der Waals surface area contributed by atoms with E-state index in [2.05, 4.69) is 5.10 Å². The van der Waals surface area contributed by atoms with Gasteiger partial charge in [-0.25, -0.2) is 13.6 Å². The summed E-state index contributed by atoms with van der Waals surface area (Å²) in [5, 5.41) is 9.49. The van der Waals surface area contributed by atoms with E-state index in [0.717, 1.165) is 11.3 Å². The molecule has 2 aromatic rings. The molecule has 3 rings (SSSR count). The van der Waals surface area contributed by atoms with Gasteiger partial charge in [0.2, 0.25) is 0 Å². The maximum atomic E-state index is 12.1. The minimum absolute atomic E-state index is 0.130. The van der Waals surface area contributed by atoms with Crippen LogP contribution in [0.25, 0.3) is 0 Å². The minimum atomic E-state index is -3.99. The molecule has 0 saturated carbocycles. The lowest BCUT2D eigenvalue weighted by atomic mass is 9.92. The highest BCUT2D eigenvalue weighted by molar-refractivity contribution is 7.89. The van der Waals surface area contributed by atoms with Crippen LogP contribution in [0.2, 0.25) is 0 Å². The molecule has 142 valence electrons. The first-order chi connectivity index (χ1) is 12.3. The van der Waals surface area contributed by atoms with Crippen LogP contribution in [0.5, 0.6) is 5.75 Å². The van der Waals surface area contributed by atoms with E-state index in [1.807, 2.05) is 24.3 Å². The van der Waals surface area contributed by atoms with Crippen molar-refractivity contribution in [3.05, 3.63) is 41.1 Å². The highest BCUT2D eigenvalue weighted by Crippen LogP contribution is 2.38. The first-order valence-corrected chi connectivity index (χ1v) is 9.70. The van der Waals surface area contributed by atoms with E-state index >= 15 is 0 Å². The molecule has 0 amide bonds. The highest BCUT2D eigenvalue weighted by Gasteiger charge is 2.43. The predicted molar refractivity (Wildman–Crippen MR) is 94.5 cm³/mol. The van der Waals surface area contributed by atoms with E-state index < -0.39 is 15.6 Å². The van der Waals surface area contributed by atoms with Crippen molar-refractivity contribution in [3.8, 4) is 5.75 Å². The Hall–Kier alpha value is -1.94. The fraction of sp³-hybridized carbons (Fsp3) is 0.471. The standard InChI is InChI=1S/C17H23N3O5S/c1-20-15(17(24-3)8-9-25-11-17)14(16(19-20)26(18,21)22)10-12-4-6-13(23-2)7-5-12/h4-7H,8-11H2,1-3H3,(H2,18,21,22). The molecular formula is C17H23N3O5S. The molecule has 2 N–H and O–H groups in total. The molecule has 0 bridgehead atoms. The molecule has 1 aromatic carbocycles. The molecule has 1 unspecified atom stereocenters. The van der Waals surface area contributed by atoms with Crippen molar-refractivity contribution in [2.45, 2.75) is 23.5 Å². The quantitative estimate of drug-likeness (QED) is 0.798. The SMILES string of the molecule is COc1ccc(Cc2c(S(N)(=O)=O)nn(C)c2C2(OC)CCOC2)cc1. The van der Waals surface area contributed by atoms with Gasteiger partial charge in [-0.15, -0.1) is 0 Å². The molecule has 8 nitrogen and oxygen atoms in total. The fourth-order valence-corrected chi connectivity index (χ4v) is 4.19. The second kappa shape index (κ2) is 6.99. The van der Waals surface area contributed by atoms with Crippen molar-refractivity contribution in [1.82, 2.24) is 9.78 Å². The lowest BCUT2D eigenvalue weighted by Crippen LogP contribution is -2.32. The number of hydrogen-bond acceptors (Lipinski definition) is 6. The normalized spacial score (nSPS) is 20.5. The van der Waals surface area contributed by atoms with Crippen LogP contribution >= 0.6 is 0 Å². The second-order valence-electron chi connectivity index (χ2n) is 6.33. The molecular weight excluding hydrogens is 358 g/mol. The number of aryl methyl sites for hydroxylation is 1. The van der Waals surface area contributed by atoms with Gasteiger partial charge in [0.05, 0.1) is 19.4 Å². The van der Waals surface area contributed by atoms with Gasteiger partial charge < -0.3 is 14.2 Å². The van der Waals surface area contributed by atoms with Gasteiger partial charge in [-0.2, -0.15) is 5.10 Å². The van der Waals surface area contributed by atoms with Crippen molar-refractivity contribution in [2.75, 3.05) is 27.4 Å². The van der Waals surface area contributed by atoms with Crippen molar-refractivity contribution in [1.29, 1.82) is 0 Å². The third-order valence-electron chi connectivity index (χ3n) is 4.73. The number of primary sulfonamides is 1. The molecule has 1 fully saturated rings. The van der Waals surface area contributed by atoms with E-state index in [4.69, 9.17) is 19.3 Å². The van der Waals surface area contributed by atoms with Crippen molar-refractivity contribution >= 4 is 10.0 Å². The average molecular weight is 381 g/mol. The van der Waals surface area contributed by atoms with Crippen LogP contribution in [0.15, 0.2) is 29.3 Å². The zero-order valence-corrected chi connectivity index (χ0v) is 15.9. The highest BCUT2D eigenvalue weighted by atomic mass is 32.2. The summed E-state index contributed by atoms with van der Waals surface area (Å²) in [5.74, 6) is 0.726. The summed E-state index contributed by atoms with van der Waals surface area (Å²) >= 11 is 0. The summed E-state index contributed by atoms with van der Waals surface area (Å²) in [6.45, 7) is 0.869. The van der Waals surface area contributed by atoms with E-state index in [9.17, 15) is 8.42 Å². The first-order valence-electron chi connectivity index (χ1n) is 8.16. The number of benzene rings is 1. The number of sulfonamides is 1. The van der Waals surface area contributed by atoms with E-state index in [1.54, 1.807) is 21.3 Å². The zero-order chi connectivity index (χ0) is 18.9. The van der Waals surface area contributed by atoms with Gasteiger partial charge in [-0.05, 0) is 17.7 Å². The van der Waals surface area contributed by atoms with Crippen molar-refractivity contribution < 1.29 is 22.6 Å². The van der Waals surface area contributed by atoms with Gasteiger partial charge in [-0.3, -0.25) is 4.68 Å². The van der Waals surface area contributed by atoms with Gasteiger partial charge in [-0.1, -0.05) is 12.1 Å². The molecule has 0 aliphatic carbocycles. The summed E-state index contributed by atoms with van der Waals surface area (Å²) < 4.78 is 42.3. The average Bonchev–Trinajstić information content (AvgIpc) is 3.20. The van der Waals surface area contributed by atoms with Crippen molar-refractivity contribution in [2.24, 2.45) is 12.2 Å². The summed E-state index contributed by atoms with van der Waals surface area (Å²) in [6.07, 6.45) is 0.965. The topological polar surface area (TPSA) is 106 Å². The first kappa shape index (κ1) is 18.8. The van der Waals surface area contributed by atoms with Gasteiger partial charge >= 0.3 is 0 Å². The maximum absolute atomic E-state index is 12.1. The van der Waals surface area contributed by atoms with Gasteiger partial charge in [0, 0.05) is 39.2 Å². The number of methoxy groups -OCH3 is 2. The molecule has 0 radical (unpaired) electrons. The van der Waals surface area contributed by atoms with Crippen LogP contribution in [-0.2, 0) is 38.6 Å². The molecule has 1 atom stereocenters.